The Hall–Kier alpha value is -2.17. The number of hydrogen-bond acceptors (Lipinski definition) is 5. The van der Waals surface area contributed by atoms with Gasteiger partial charge in [-0.3, -0.25) is 9.59 Å². The molecule has 11 heteroatoms. The molecule has 0 bridgehead atoms. The molecule has 0 aromatic heterocycles. The molecule has 8 nitrogen and oxygen atoms in total. The van der Waals surface area contributed by atoms with Gasteiger partial charge in [0.05, 0.1) is 17.2 Å². The number of aryl methyl sites for hydroxylation is 1. The number of morpholine rings is 1. The second-order valence-electron chi connectivity index (χ2n) is 8.55. The van der Waals surface area contributed by atoms with Gasteiger partial charge in [-0.05, 0) is 63.6 Å². The minimum Gasteiger partial charge on any atom is -0.373 e. The van der Waals surface area contributed by atoms with Crippen molar-refractivity contribution in [1.29, 1.82) is 0 Å². The predicted octanol–water partition coefficient (Wildman–Crippen LogP) is 4.20. The molecule has 3 rings (SSSR count). The standard InChI is InChI=1S/C24H29Cl2N3O5S/c1-5-28(14-23(30)27-21-11-19(25)8-6-15(21)2)24(31)18-7-9-20(26)22(10-18)35(32,33)29-12-16(3)34-17(4)13-29/h6-11,16-17H,5,12-14H2,1-4H3,(H,27,30). The van der Waals surface area contributed by atoms with E-state index in [4.69, 9.17) is 27.9 Å². The number of nitrogens with zero attached hydrogens (tertiary/aromatic N) is 2. The van der Waals surface area contributed by atoms with Gasteiger partial charge in [0, 0.05) is 35.9 Å². The van der Waals surface area contributed by atoms with Crippen molar-refractivity contribution in [3.8, 4) is 0 Å². The zero-order valence-electron chi connectivity index (χ0n) is 20.0. The fourth-order valence-electron chi connectivity index (χ4n) is 3.90. The van der Waals surface area contributed by atoms with Gasteiger partial charge in [-0.25, -0.2) is 8.42 Å². The monoisotopic (exact) mass is 541 g/mol. The molecule has 0 radical (unpaired) electrons. The van der Waals surface area contributed by atoms with Crippen LogP contribution in [-0.4, -0.2) is 67.8 Å². The highest BCUT2D eigenvalue weighted by Crippen LogP contribution is 2.28. The number of halogens is 2. The summed E-state index contributed by atoms with van der Waals surface area (Å²) in [7, 11) is -3.96. The van der Waals surface area contributed by atoms with E-state index < -0.39 is 21.8 Å². The normalized spacial score (nSPS) is 18.8. The van der Waals surface area contributed by atoms with E-state index in [-0.39, 0.29) is 53.9 Å². The van der Waals surface area contributed by atoms with Crippen LogP contribution in [0.3, 0.4) is 0 Å². The van der Waals surface area contributed by atoms with Gasteiger partial charge in [0.1, 0.15) is 11.4 Å². The summed E-state index contributed by atoms with van der Waals surface area (Å²) >= 11 is 12.3. The smallest absolute Gasteiger partial charge is 0.254 e. The Morgan fingerprint density at radius 2 is 1.77 bits per heavy atom. The molecule has 2 amide bonds. The maximum Gasteiger partial charge on any atom is 0.254 e. The van der Waals surface area contributed by atoms with E-state index in [0.29, 0.717) is 10.7 Å². The predicted molar refractivity (Wildman–Crippen MR) is 137 cm³/mol. The maximum atomic E-state index is 13.3. The second-order valence-corrected chi connectivity index (χ2v) is 11.3. The molecule has 2 unspecified atom stereocenters. The van der Waals surface area contributed by atoms with Crippen LogP contribution >= 0.6 is 23.2 Å². The summed E-state index contributed by atoms with van der Waals surface area (Å²) in [6.07, 6.45) is -0.538. The van der Waals surface area contributed by atoms with E-state index in [9.17, 15) is 18.0 Å². The number of amides is 2. The molecule has 1 aliphatic heterocycles. The number of hydrogen-bond donors (Lipinski definition) is 1. The number of sulfonamides is 1. The number of likely N-dealkylation sites (N-methyl/N-ethyl adjacent to an activating group) is 1. The van der Waals surface area contributed by atoms with Gasteiger partial charge in [-0.2, -0.15) is 4.31 Å². The average Bonchev–Trinajstić information content (AvgIpc) is 2.79. The third kappa shape index (κ3) is 6.54. The van der Waals surface area contributed by atoms with Gasteiger partial charge in [-0.15, -0.1) is 0 Å². The maximum absolute atomic E-state index is 13.3. The molecule has 1 fully saturated rings. The average molecular weight is 542 g/mol. The van der Waals surface area contributed by atoms with Gasteiger partial charge in [-0.1, -0.05) is 29.3 Å². The Balaban J connectivity index is 1.81. The van der Waals surface area contributed by atoms with Crippen LogP contribution in [0.2, 0.25) is 10.0 Å². The van der Waals surface area contributed by atoms with Crippen molar-refractivity contribution in [3.63, 3.8) is 0 Å². The lowest BCUT2D eigenvalue weighted by molar-refractivity contribution is -0.116. The lowest BCUT2D eigenvalue weighted by atomic mass is 10.2. The number of anilines is 1. The summed E-state index contributed by atoms with van der Waals surface area (Å²) in [5, 5.41) is 3.26. The molecule has 0 aliphatic carbocycles. The first-order valence-corrected chi connectivity index (χ1v) is 13.4. The molecule has 1 heterocycles. The largest absolute Gasteiger partial charge is 0.373 e. The lowest BCUT2D eigenvalue weighted by Gasteiger charge is -2.34. The molecule has 1 N–H and O–H groups in total. The Morgan fingerprint density at radius 3 is 2.40 bits per heavy atom. The van der Waals surface area contributed by atoms with E-state index in [1.54, 1.807) is 39.0 Å². The summed E-state index contributed by atoms with van der Waals surface area (Å²) < 4.78 is 33.6. The second kappa shape index (κ2) is 11.3. The summed E-state index contributed by atoms with van der Waals surface area (Å²) in [5.74, 6) is -0.883. The van der Waals surface area contributed by atoms with E-state index in [1.807, 2.05) is 6.92 Å². The molecule has 190 valence electrons. The number of carbonyl (C=O) groups is 2. The van der Waals surface area contributed by atoms with Crippen LogP contribution in [0.5, 0.6) is 0 Å². The van der Waals surface area contributed by atoms with Gasteiger partial charge in [0.15, 0.2) is 0 Å². The molecule has 1 aliphatic rings. The minimum absolute atomic E-state index is 0.0190. The van der Waals surface area contributed by atoms with Gasteiger partial charge in [0.25, 0.3) is 5.91 Å². The van der Waals surface area contributed by atoms with Crippen LogP contribution in [0.25, 0.3) is 0 Å². The van der Waals surface area contributed by atoms with E-state index >= 15 is 0 Å². The molecular weight excluding hydrogens is 513 g/mol. The Morgan fingerprint density at radius 1 is 1.11 bits per heavy atom. The van der Waals surface area contributed by atoms with Crippen LogP contribution in [0.4, 0.5) is 5.69 Å². The third-order valence-corrected chi connectivity index (χ3v) is 8.21. The summed E-state index contributed by atoms with van der Waals surface area (Å²) in [6.45, 7) is 7.56. The van der Waals surface area contributed by atoms with Crippen molar-refractivity contribution >= 4 is 50.7 Å². The fraction of sp³-hybridized carbons (Fsp3) is 0.417. The molecule has 0 spiro atoms. The molecular formula is C24H29Cl2N3O5S. The van der Waals surface area contributed by atoms with Crippen molar-refractivity contribution in [1.82, 2.24) is 9.21 Å². The van der Waals surface area contributed by atoms with Crippen molar-refractivity contribution in [2.24, 2.45) is 0 Å². The van der Waals surface area contributed by atoms with Gasteiger partial charge < -0.3 is 15.0 Å². The molecule has 2 atom stereocenters. The number of carbonyl (C=O) groups excluding carboxylic acids is 2. The van der Waals surface area contributed by atoms with Crippen LogP contribution in [0, 0.1) is 6.92 Å². The summed E-state index contributed by atoms with van der Waals surface area (Å²) in [6, 6.07) is 9.25. The Kier molecular flexibility index (Phi) is 8.82. The first kappa shape index (κ1) is 27.4. The van der Waals surface area contributed by atoms with Crippen molar-refractivity contribution in [3.05, 3.63) is 57.6 Å². The minimum atomic E-state index is -3.96. The zero-order chi connectivity index (χ0) is 25.9. The molecule has 1 saturated heterocycles. The number of ether oxygens (including phenoxy) is 1. The van der Waals surface area contributed by atoms with Crippen LogP contribution in [-0.2, 0) is 19.6 Å². The first-order valence-electron chi connectivity index (χ1n) is 11.2. The highest BCUT2D eigenvalue weighted by Gasteiger charge is 2.34. The quantitative estimate of drug-likeness (QED) is 0.566. The molecule has 35 heavy (non-hydrogen) atoms. The topological polar surface area (TPSA) is 96.0 Å². The fourth-order valence-corrected chi connectivity index (χ4v) is 6.16. The zero-order valence-corrected chi connectivity index (χ0v) is 22.4. The van der Waals surface area contributed by atoms with E-state index in [1.165, 1.54) is 27.4 Å². The first-order chi connectivity index (χ1) is 16.4. The molecule has 2 aromatic rings. The number of rotatable bonds is 7. The van der Waals surface area contributed by atoms with Crippen molar-refractivity contribution < 1.29 is 22.7 Å². The Bertz CT molecular complexity index is 1210. The summed E-state index contributed by atoms with van der Waals surface area (Å²) in [4.78, 5) is 27.0. The van der Waals surface area contributed by atoms with Crippen molar-refractivity contribution in [2.45, 2.75) is 44.8 Å². The van der Waals surface area contributed by atoms with Crippen molar-refractivity contribution in [2.75, 3.05) is 31.5 Å². The Labute approximate surface area is 216 Å². The van der Waals surface area contributed by atoms with Gasteiger partial charge in [0.2, 0.25) is 15.9 Å². The highest BCUT2D eigenvalue weighted by atomic mass is 35.5. The van der Waals surface area contributed by atoms with E-state index in [2.05, 4.69) is 5.32 Å². The molecule has 2 aromatic carbocycles. The highest BCUT2D eigenvalue weighted by molar-refractivity contribution is 7.89. The number of nitrogens with one attached hydrogen (secondary N) is 1. The van der Waals surface area contributed by atoms with Crippen LogP contribution < -0.4 is 5.32 Å². The van der Waals surface area contributed by atoms with Crippen LogP contribution in [0.15, 0.2) is 41.3 Å². The van der Waals surface area contributed by atoms with E-state index in [0.717, 1.165) is 5.56 Å². The lowest BCUT2D eigenvalue weighted by Crippen LogP contribution is -2.48. The third-order valence-electron chi connectivity index (χ3n) is 5.66. The van der Waals surface area contributed by atoms with Gasteiger partial charge >= 0.3 is 0 Å². The number of benzene rings is 2. The van der Waals surface area contributed by atoms with Crippen LogP contribution in [0.1, 0.15) is 36.7 Å². The SMILES string of the molecule is CCN(CC(=O)Nc1cc(Cl)ccc1C)C(=O)c1ccc(Cl)c(S(=O)(=O)N2CC(C)OC(C)C2)c1. The summed E-state index contributed by atoms with van der Waals surface area (Å²) in [5.41, 5.74) is 1.51. The molecule has 0 saturated carbocycles.